The number of urea groups is 1. The number of ether oxygens (including phenoxy) is 1. The zero-order valence-corrected chi connectivity index (χ0v) is 21.4. The largest absolute Gasteiger partial charge is 0.379 e. The summed E-state index contributed by atoms with van der Waals surface area (Å²) >= 11 is 1.85. The lowest BCUT2D eigenvalue weighted by Gasteiger charge is -2.37. The van der Waals surface area contributed by atoms with Crippen LogP contribution in [0, 0.1) is 0 Å². The summed E-state index contributed by atoms with van der Waals surface area (Å²) in [6.07, 6.45) is 12.7. The molecule has 2 N–H and O–H groups in total. The van der Waals surface area contributed by atoms with Gasteiger partial charge in [0.05, 0.1) is 13.2 Å². The van der Waals surface area contributed by atoms with Gasteiger partial charge in [-0.15, -0.1) is 0 Å². The predicted octanol–water partition coefficient (Wildman–Crippen LogP) is 5.04. The zero-order chi connectivity index (χ0) is 24.6. The van der Waals surface area contributed by atoms with Gasteiger partial charge in [0.25, 0.3) is 0 Å². The number of rotatable bonds is 8. The first-order chi connectivity index (χ1) is 17.7. The molecule has 3 aliphatic heterocycles. The number of morpholine rings is 1. The summed E-state index contributed by atoms with van der Waals surface area (Å²) < 4.78 is 5.57. The minimum absolute atomic E-state index is 0.276. The molecular formula is C27H34N6O2S. The fourth-order valence-corrected chi connectivity index (χ4v) is 5.73. The van der Waals surface area contributed by atoms with Gasteiger partial charge in [0.1, 0.15) is 0 Å². The number of benzene rings is 1. The minimum atomic E-state index is -0.276. The molecule has 9 heteroatoms. The maximum absolute atomic E-state index is 12.3. The molecule has 0 saturated carbocycles. The Morgan fingerprint density at radius 3 is 2.33 bits per heavy atom. The monoisotopic (exact) mass is 506 g/mol. The number of aromatic nitrogens is 1. The maximum atomic E-state index is 12.3. The van der Waals surface area contributed by atoms with Crippen molar-refractivity contribution in [3.63, 3.8) is 0 Å². The van der Waals surface area contributed by atoms with Crippen LogP contribution in [0.4, 0.5) is 16.2 Å². The summed E-state index contributed by atoms with van der Waals surface area (Å²) in [6.45, 7) is 6.97. The van der Waals surface area contributed by atoms with Gasteiger partial charge < -0.3 is 20.3 Å². The number of likely N-dealkylation sites (tertiary alicyclic amines) is 1. The zero-order valence-electron chi connectivity index (χ0n) is 20.6. The standard InChI is InChI=1S/C27H34N6O2S/c34-27(30-24-9-11-28-12-10-24)29-23-7-5-22(6-8-23)26-21-33(32-16-18-35-19-17-32)20-25(36-26)4-3-15-31-13-1-2-14-31/h5-12,20-21H,1-4,13-19H2,(H2,28,29,30,34). The fraction of sp³-hybridized carbons (Fsp3) is 0.407. The van der Waals surface area contributed by atoms with Gasteiger partial charge in [0.15, 0.2) is 0 Å². The molecule has 2 saturated heterocycles. The third kappa shape index (κ3) is 6.88. The Kier molecular flexibility index (Phi) is 8.55. The fourth-order valence-electron chi connectivity index (χ4n) is 4.63. The molecule has 0 spiro atoms. The van der Waals surface area contributed by atoms with Crippen LogP contribution in [0.3, 0.4) is 0 Å². The van der Waals surface area contributed by atoms with E-state index < -0.39 is 0 Å². The lowest BCUT2D eigenvalue weighted by molar-refractivity contribution is -0.0395. The molecule has 0 aliphatic carbocycles. The third-order valence-corrected chi connectivity index (χ3v) is 7.68. The molecule has 0 atom stereocenters. The molecule has 2 fully saturated rings. The van der Waals surface area contributed by atoms with Crippen LogP contribution in [0.1, 0.15) is 31.2 Å². The number of nitrogens with one attached hydrogen (secondary N) is 2. The lowest BCUT2D eigenvalue weighted by Crippen LogP contribution is -2.44. The van der Waals surface area contributed by atoms with E-state index in [4.69, 9.17) is 4.74 Å². The van der Waals surface area contributed by atoms with Crippen molar-refractivity contribution < 1.29 is 9.53 Å². The van der Waals surface area contributed by atoms with Gasteiger partial charge in [-0.1, -0.05) is 23.9 Å². The number of nitrogens with zero attached hydrogens (tertiary/aromatic N) is 4. The predicted molar refractivity (Wildman–Crippen MR) is 146 cm³/mol. The molecule has 2 amide bonds. The average Bonchev–Trinajstić information content (AvgIpc) is 3.44. The Labute approximate surface area is 217 Å². The first kappa shape index (κ1) is 24.8. The first-order valence-electron chi connectivity index (χ1n) is 12.7. The van der Waals surface area contributed by atoms with Crippen LogP contribution < -0.4 is 10.6 Å². The molecule has 0 radical (unpaired) electrons. The Hall–Kier alpha value is -2.85. The van der Waals surface area contributed by atoms with Crippen LogP contribution in [0.25, 0.3) is 4.91 Å². The molecule has 4 heterocycles. The van der Waals surface area contributed by atoms with Crippen molar-refractivity contribution in [1.82, 2.24) is 19.9 Å². The lowest BCUT2D eigenvalue weighted by atomic mass is 10.2. The van der Waals surface area contributed by atoms with E-state index in [0.717, 1.165) is 44.0 Å². The van der Waals surface area contributed by atoms with E-state index >= 15 is 0 Å². The summed E-state index contributed by atoms with van der Waals surface area (Å²) in [6, 6.07) is 11.3. The summed E-state index contributed by atoms with van der Waals surface area (Å²) in [5, 5.41) is 10.3. The van der Waals surface area contributed by atoms with E-state index in [-0.39, 0.29) is 6.03 Å². The van der Waals surface area contributed by atoms with E-state index in [2.05, 4.69) is 55.1 Å². The van der Waals surface area contributed by atoms with Gasteiger partial charge >= 0.3 is 6.03 Å². The van der Waals surface area contributed by atoms with Gasteiger partial charge in [-0.25, -0.2) is 9.80 Å². The summed E-state index contributed by atoms with van der Waals surface area (Å²) in [5.41, 5.74) is 2.59. The van der Waals surface area contributed by atoms with Crippen LogP contribution in [0.5, 0.6) is 0 Å². The van der Waals surface area contributed by atoms with Crippen molar-refractivity contribution in [2.75, 3.05) is 56.6 Å². The molecule has 5 rings (SSSR count). The van der Waals surface area contributed by atoms with E-state index in [0.29, 0.717) is 5.69 Å². The number of anilines is 2. The van der Waals surface area contributed by atoms with Crippen molar-refractivity contribution >= 4 is 34.1 Å². The molecule has 3 aliphatic rings. The topological polar surface area (TPSA) is 73.0 Å². The number of hydrogen-bond donors (Lipinski definition) is 2. The highest BCUT2D eigenvalue weighted by Gasteiger charge is 2.21. The average molecular weight is 507 g/mol. The van der Waals surface area contributed by atoms with Gasteiger partial charge in [0, 0.05) is 59.1 Å². The van der Waals surface area contributed by atoms with E-state index in [9.17, 15) is 4.79 Å². The number of pyridine rings is 1. The Morgan fingerprint density at radius 1 is 0.917 bits per heavy atom. The van der Waals surface area contributed by atoms with Crippen molar-refractivity contribution in [1.29, 1.82) is 0 Å². The van der Waals surface area contributed by atoms with Crippen molar-refractivity contribution in [2.45, 2.75) is 25.7 Å². The van der Waals surface area contributed by atoms with Crippen LogP contribution in [-0.4, -0.2) is 71.9 Å². The van der Waals surface area contributed by atoms with Crippen LogP contribution in [-0.2, 0) is 4.74 Å². The highest BCUT2D eigenvalue weighted by molar-refractivity contribution is 8.11. The van der Waals surface area contributed by atoms with Crippen molar-refractivity contribution in [3.05, 3.63) is 71.7 Å². The molecule has 8 nitrogen and oxygen atoms in total. The Balaban J connectivity index is 1.23. The molecule has 190 valence electrons. The maximum Gasteiger partial charge on any atom is 0.323 e. The molecule has 0 bridgehead atoms. The Morgan fingerprint density at radius 2 is 1.61 bits per heavy atom. The SMILES string of the molecule is O=C(Nc1ccncc1)Nc1ccc(C2=CN(N3CCOCC3)C=C(CCCN3CCCC3)S2)cc1. The molecule has 0 unspecified atom stereocenters. The third-order valence-electron chi connectivity index (χ3n) is 6.54. The van der Waals surface area contributed by atoms with Gasteiger partial charge in [-0.2, -0.15) is 0 Å². The first-order valence-corrected chi connectivity index (χ1v) is 13.6. The van der Waals surface area contributed by atoms with Crippen LogP contribution in [0.15, 0.2) is 66.1 Å². The summed E-state index contributed by atoms with van der Waals surface area (Å²) in [4.78, 5) is 21.5. The second-order valence-electron chi connectivity index (χ2n) is 9.18. The highest BCUT2D eigenvalue weighted by atomic mass is 32.2. The number of hydrogen-bond acceptors (Lipinski definition) is 7. The van der Waals surface area contributed by atoms with Crippen molar-refractivity contribution in [3.8, 4) is 0 Å². The minimum Gasteiger partial charge on any atom is -0.379 e. The smallest absolute Gasteiger partial charge is 0.323 e. The quantitative estimate of drug-likeness (QED) is 0.520. The number of allylic oxidation sites excluding steroid dienone is 1. The second-order valence-corrected chi connectivity index (χ2v) is 10.3. The molecule has 36 heavy (non-hydrogen) atoms. The number of amides is 2. The van der Waals surface area contributed by atoms with Gasteiger partial charge in [0.2, 0.25) is 0 Å². The molecule has 2 aromatic rings. The molecule has 1 aromatic carbocycles. The molecule has 1 aromatic heterocycles. The van der Waals surface area contributed by atoms with E-state index in [1.165, 1.54) is 48.7 Å². The second kappa shape index (κ2) is 12.4. The molecular weight excluding hydrogens is 472 g/mol. The summed E-state index contributed by atoms with van der Waals surface area (Å²) in [7, 11) is 0. The number of thioether (sulfide) groups is 1. The Bertz CT molecular complexity index is 1060. The van der Waals surface area contributed by atoms with Gasteiger partial charge in [-0.05, 0) is 75.1 Å². The van der Waals surface area contributed by atoms with E-state index in [1.54, 1.807) is 24.5 Å². The number of carbonyl (C=O) groups excluding carboxylic acids is 1. The van der Waals surface area contributed by atoms with Crippen LogP contribution >= 0.6 is 11.8 Å². The van der Waals surface area contributed by atoms with Crippen molar-refractivity contribution in [2.24, 2.45) is 0 Å². The van der Waals surface area contributed by atoms with Crippen LogP contribution in [0.2, 0.25) is 0 Å². The van der Waals surface area contributed by atoms with E-state index in [1.807, 2.05) is 23.9 Å². The number of carbonyl (C=O) groups is 1. The normalized spacial score (nSPS) is 19.1. The van der Waals surface area contributed by atoms with Gasteiger partial charge in [-0.3, -0.25) is 9.99 Å². The number of hydrazine groups is 1. The summed E-state index contributed by atoms with van der Waals surface area (Å²) in [5.74, 6) is 0. The highest BCUT2D eigenvalue weighted by Crippen LogP contribution is 2.40.